The fraction of sp³-hybridized carbons (Fsp3) is 0.385. The molecular weight excluding hydrogens is 298 g/mol. The van der Waals surface area contributed by atoms with Gasteiger partial charge in [0, 0.05) is 35.1 Å². The second-order valence-corrected chi connectivity index (χ2v) is 6.43. The largest absolute Gasteiger partial charge is 0.340 e. The van der Waals surface area contributed by atoms with Crippen LogP contribution < -0.4 is 0 Å². The van der Waals surface area contributed by atoms with E-state index in [4.69, 9.17) is 11.6 Å². The van der Waals surface area contributed by atoms with Crippen molar-refractivity contribution in [2.75, 3.05) is 11.6 Å². The number of nitrogens with zero attached hydrogens (tertiary/aromatic N) is 2. The van der Waals surface area contributed by atoms with E-state index in [-0.39, 0.29) is 0 Å². The monoisotopic (exact) mass is 313 g/mol. The van der Waals surface area contributed by atoms with Crippen molar-refractivity contribution < 1.29 is 0 Å². The summed E-state index contributed by atoms with van der Waals surface area (Å²) in [6.45, 7) is 2.13. The highest BCUT2D eigenvalue weighted by Crippen LogP contribution is 2.27. The van der Waals surface area contributed by atoms with E-state index in [0.29, 0.717) is 0 Å². The maximum atomic E-state index is 5.71. The molecular formula is C13H16ClN3S2. The van der Waals surface area contributed by atoms with Crippen molar-refractivity contribution in [3.63, 3.8) is 0 Å². The van der Waals surface area contributed by atoms with Gasteiger partial charge < -0.3 is 4.98 Å². The number of rotatable bonds is 7. The van der Waals surface area contributed by atoms with Crippen molar-refractivity contribution >= 4 is 35.1 Å². The normalized spacial score (nSPS) is 10.8. The smallest absolute Gasteiger partial charge is 0.165 e. The van der Waals surface area contributed by atoms with E-state index in [1.807, 2.05) is 24.2 Å². The Morgan fingerprint density at radius 1 is 1.26 bits per heavy atom. The lowest BCUT2D eigenvalue weighted by atomic mass is 10.2. The summed E-state index contributed by atoms with van der Waals surface area (Å²) in [7, 11) is 0. The Balaban J connectivity index is 1.98. The second-order valence-electron chi connectivity index (χ2n) is 3.95. The number of hydrogen-bond acceptors (Lipinski definition) is 4. The van der Waals surface area contributed by atoms with Crippen LogP contribution >= 0.6 is 35.1 Å². The minimum absolute atomic E-state index is 0.721. The summed E-state index contributed by atoms with van der Waals surface area (Å²) in [6, 6.07) is 2.08. The van der Waals surface area contributed by atoms with Gasteiger partial charge in [0.2, 0.25) is 0 Å². The van der Waals surface area contributed by atoms with Crippen LogP contribution in [0.2, 0.25) is 0 Å². The van der Waals surface area contributed by atoms with Gasteiger partial charge in [0.1, 0.15) is 0 Å². The van der Waals surface area contributed by atoms with E-state index in [0.717, 1.165) is 34.7 Å². The average Bonchev–Trinajstić information content (AvgIpc) is 2.93. The van der Waals surface area contributed by atoms with Gasteiger partial charge in [-0.05, 0) is 30.7 Å². The van der Waals surface area contributed by atoms with Crippen LogP contribution in [0.3, 0.4) is 0 Å². The van der Waals surface area contributed by atoms with Gasteiger partial charge >= 0.3 is 0 Å². The first-order valence-corrected chi connectivity index (χ1v) is 8.57. The number of hydrogen-bond donors (Lipinski definition) is 1. The molecule has 6 heteroatoms. The van der Waals surface area contributed by atoms with Crippen LogP contribution in [0.25, 0.3) is 0 Å². The summed E-state index contributed by atoms with van der Waals surface area (Å²) in [5.41, 5.74) is 2.39. The van der Waals surface area contributed by atoms with Crippen molar-refractivity contribution in [2.24, 2.45) is 0 Å². The number of alkyl halides is 1. The van der Waals surface area contributed by atoms with Crippen LogP contribution in [0.5, 0.6) is 0 Å². The molecule has 2 aromatic heterocycles. The third-order valence-electron chi connectivity index (χ3n) is 2.61. The molecule has 0 unspecified atom stereocenters. The molecule has 0 aromatic carbocycles. The lowest BCUT2D eigenvalue weighted by Crippen LogP contribution is -1.95. The number of halogens is 1. The summed E-state index contributed by atoms with van der Waals surface area (Å²) in [4.78, 5) is 13.1. The highest BCUT2D eigenvalue weighted by Gasteiger charge is 2.07. The van der Waals surface area contributed by atoms with E-state index in [9.17, 15) is 0 Å². The SMILES string of the molecule is Cc1c(SCCCCl)ccnc1CSc1ncc[nH]1. The Bertz CT molecular complexity index is 503. The summed E-state index contributed by atoms with van der Waals surface area (Å²) in [5, 5.41) is 0.932. The zero-order chi connectivity index (χ0) is 13.5. The molecule has 0 atom stereocenters. The zero-order valence-electron chi connectivity index (χ0n) is 10.7. The van der Waals surface area contributed by atoms with E-state index in [1.165, 1.54) is 10.5 Å². The first kappa shape index (κ1) is 14.8. The number of imidazole rings is 1. The molecule has 1 N–H and O–H groups in total. The minimum Gasteiger partial charge on any atom is -0.340 e. The molecule has 2 heterocycles. The van der Waals surface area contributed by atoms with Gasteiger partial charge in [0.05, 0.1) is 5.69 Å². The van der Waals surface area contributed by atoms with E-state index in [1.54, 1.807) is 18.0 Å². The molecule has 0 amide bonds. The summed E-state index contributed by atoms with van der Waals surface area (Å²) >= 11 is 9.23. The first-order valence-electron chi connectivity index (χ1n) is 6.06. The molecule has 0 aliphatic carbocycles. The topological polar surface area (TPSA) is 41.6 Å². The van der Waals surface area contributed by atoms with Crippen molar-refractivity contribution in [3.05, 3.63) is 35.9 Å². The van der Waals surface area contributed by atoms with E-state index < -0.39 is 0 Å². The Hall–Kier alpha value is -0.650. The standard InChI is InChI=1S/C13H16ClN3S2/c1-10-11(9-19-13-16-6-7-17-13)15-5-3-12(10)18-8-2-4-14/h3,5-7H,2,4,8-9H2,1H3,(H,16,17). The lowest BCUT2D eigenvalue weighted by Gasteiger charge is -2.09. The van der Waals surface area contributed by atoms with Crippen LogP contribution in [0, 0.1) is 6.92 Å². The molecule has 3 nitrogen and oxygen atoms in total. The Kier molecular flexibility index (Phi) is 6.07. The first-order chi connectivity index (χ1) is 9.31. The van der Waals surface area contributed by atoms with Crippen LogP contribution in [0.4, 0.5) is 0 Å². The molecule has 0 saturated carbocycles. The Morgan fingerprint density at radius 3 is 2.89 bits per heavy atom. The molecule has 2 rings (SSSR count). The summed E-state index contributed by atoms with van der Waals surface area (Å²) in [5.74, 6) is 2.61. The van der Waals surface area contributed by atoms with Gasteiger partial charge in [-0.3, -0.25) is 4.98 Å². The fourth-order valence-electron chi connectivity index (χ4n) is 1.56. The van der Waals surface area contributed by atoms with Gasteiger partial charge in [0.25, 0.3) is 0 Å². The zero-order valence-corrected chi connectivity index (χ0v) is 13.1. The molecule has 0 radical (unpaired) electrons. The van der Waals surface area contributed by atoms with Gasteiger partial charge in [-0.2, -0.15) is 0 Å². The molecule has 0 bridgehead atoms. The third-order valence-corrected chi connectivity index (χ3v) is 5.04. The minimum atomic E-state index is 0.721. The van der Waals surface area contributed by atoms with E-state index >= 15 is 0 Å². The van der Waals surface area contributed by atoms with E-state index in [2.05, 4.69) is 27.9 Å². The quantitative estimate of drug-likeness (QED) is 0.474. The molecule has 0 saturated heterocycles. The number of thioether (sulfide) groups is 2. The molecule has 0 aliphatic heterocycles. The maximum Gasteiger partial charge on any atom is 0.165 e. The molecule has 19 heavy (non-hydrogen) atoms. The number of H-pyrrole nitrogens is 1. The van der Waals surface area contributed by atoms with Crippen LogP contribution in [-0.4, -0.2) is 26.6 Å². The number of aromatic nitrogens is 3. The van der Waals surface area contributed by atoms with Crippen LogP contribution in [0.1, 0.15) is 17.7 Å². The van der Waals surface area contributed by atoms with Crippen molar-refractivity contribution in [2.45, 2.75) is 29.1 Å². The number of aromatic amines is 1. The average molecular weight is 314 g/mol. The van der Waals surface area contributed by atoms with Gasteiger partial charge in [0.15, 0.2) is 5.16 Å². The molecule has 0 spiro atoms. The molecule has 0 aliphatic rings. The van der Waals surface area contributed by atoms with Crippen molar-refractivity contribution in [3.8, 4) is 0 Å². The Labute approximate surface area is 127 Å². The molecule has 0 fully saturated rings. The van der Waals surface area contributed by atoms with Gasteiger partial charge in [-0.25, -0.2) is 4.98 Å². The van der Waals surface area contributed by atoms with Gasteiger partial charge in [-0.15, -0.1) is 23.4 Å². The van der Waals surface area contributed by atoms with Gasteiger partial charge in [-0.1, -0.05) is 11.8 Å². The molecule has 2 aromatic rings. The Morgan fingerprint density at radius 2 is 2.16 bits per heavy atom. The molecule has 102 valence electrons. The highest BCUT2D eigenvalue weighted by molar-refractivity contribution is 7.99. The third kappa shape index (κ3) is 4.44. The van der Waals surface area contributed by atoms with Crippen molar-refractivity contribution in [1.29, 1.82) is 0 Å². The lowest BCUT2D eigenvalue weighted by molar-refractivity contribution is 1.04. The predicted molar refractivity (Wildman–Crippen MR) is 83.2 cm³/mol. The van der Waals surface area contributed by atoms with Crippen LogP contribution in [0.15, 0.2) is 34.7 Å². The highest BCUT2D eigenvalue weighted by atomic mass is 35.5. The second kappa shape index (κ2) is 7.82. The predicted octanol–water partition coefficient (Wildman–Crippen LogP) is 4.13. The van der Waals surface area contributed by atoms with Crippen LogP contribution in [-0.2, 0) is 5.75 Å². The van der Waals surface area contributed by atoms with Crippen molar-refractivity contribution in [1.82, 2.24) is 15.0 Å². The maximum absolute atomic E-state index is 5.71. The number of nitrogens with one attached hydrogen (secondary N) is 1. The number of pyridine rings is 1. The summed E-state index contributed by atoms with van der Waals surface area (Å²) < 4.78 is 0. The summed E-state index contributed by atoms with van der Waals surface area (Å²) in [6.07, 6.45) is 6.51. The fourth-order valence-corrected chi connectivity index (χ4v) is 3.71.